The van der Waals surface area contributed by atoms with Gasteiger partial charge >= 0.3 is 0 Å². The van der Waals surface area contributed by atoms with Crippen molar-refractivity contribution in [1.29, 1.82) is 0 Å². The molecule has 1 N–H and O–H groups in total. The van der Waals surface area contributed by atoms with E-state index in [-0.39, 0.29) is 5.91 Å². The zero-order chi connectivity index (χ0) is 20.7. The Bertz CT molecular complexity index is 1270. The third-order valence-corrected chi connectivity index (χ3v) is 5.45. The number of amides is 1. The molecule has 0 fully saturated rings. The van der Waals surface area contributed by atoms with E-state index in [0.717, 1.165) is 32.3 Å². The van der Waals surface area contributed by atoms with Crippen LogP contribution in [-0.4, -0.2) is 44.0 Å². The van der Waals surface area contributed by atoms with Gasteiger partial charge in [-0.2, -0.15) is 4.98 Å². The number of rotatable bonds is 5. The van der Waals surface area contributed by atoms with Gasteiger partial charge in [0.25, 0.3) is 5.91 Å². The number of fused-ring (bicyclic) bond motifs is 2. The molecule has 150 valence electrons. The van der Waals surface area contributed by atoms with E-state index in [1.165, 1.54) is 0 Å². The molecule has 0 saturated carbocycles. The summed E-state index contributed by atoms with van der Waals surface area (Å²) in [5, 5.41) is 9.36. The van der Waals surface area contributed by atoms with Crippen LogP contribution in [0.2, 0.25) is 0 Å². The maximum absolute atomic E-state index is 12.6. The summed E-state index contributed by atoms with van der Waals surface area (Å²) < 4.78 is 5.90. The van der Waals surface area contributed by atoms with Crippen LogP contribution in [0.15, 0.2) is 51.7 Å². The maximum Gasteiger partial charge on any atom is 0.256 e. The van der Waals surface area contributed by atoms with E-state index in [0.29, 0.717) is 36.9 Å². The monoisotopic (exact) mass is 464 g/mol. The third kappa shape index (κ3) is 3.41. The molecule has 4 aromatic rings. The van der Waals surface area contributed by atoms with E-state index in [2.05, 4.69) is 41.4 Å². The van der Waals surface area contributed by atoms with E-state index in [4.69, 9.17) is 4.52 Å². The summed E-state index contributed by atoms with van der Waals surface area (Å²) in [4.78, 5) is 27.5. The van der Waals surface area contributed by atoms with Gasteiger partial charge in [0.15, 0.2) is 0 Å². The van der Waals surface area contributed by atoms with Crippen molar-refractivity contribution in [3.63, 3.8) is 0 Å². The molecule has 1 aliphatic rings. The number of hydrogen-bond acceptors (Lipinski definition) is 7. The van der Waals surface area contributed by atoms with E-state index < -0.39 is 0 Å². The standard InChI is InChI=1S/C21H17BrN6O2/c1-12-26-19(27-30-12)14-3-2-13-4-5-23-20(16(13)8-14)24-6-7-28-11-18-17(21(28)29)9-15(22)10-25-18/h2-5,8-10H,6-7,11H2,1H3,(H,23,24). The fourth-order valence-corrected chi connectivity index (χ4v) is 3.89. The molecule has 1 aromatic carbocycles. The summed E-state index contributed by atoms with van der Waals surface area (Å²) in [6.07, 6.45) is 3.48. The third-order valence-electron chi connectivity index (χ3n) is 5.02. The normalized spacial score (nSPS) is 13.1. The molecule has 0 saturated heterocycles. The summed E-state index contributed by atoms with van der Waals surface area (Å²) in [6, 6.07) is 9.74. The van der Waals surface area contributed by atoms with Crippen LogP contribution >= 0.6 is 15.9 Å². The van der Waals surface area contributed by atoms with Crippen LogP contribution in [0.3, 0.4) is 0 Å². The van der Waals surface area contributed by atoms with Crippen LogP contribution in [0.4, 0.5) is 5.82 Å². The summed E-state index contributed by atoms with van der Waals surface area (Å²) >= 11 is 3.37. The Morgan fingerprint density at radius 3 is 2.97 bits per heavy atom. The zero-order valence-corrected chi connectivity index (χ0v) is 17.7. The van der Waals surface area contributed by atoms with E-state index >= 15 is 0 Å². The highest BCUT2D eigenvalue weighted by molar-refractivity contribution is 9.10. The number of benzene rings is 1. The predicted molar refractivity (Wildman–Crippen MR) is 115 cm³/mol. The van der Waals surface area contributed by atoms with E-state index in [1.54, 1.807) is 24.2 Å². The summed E-state index contributed by atoms with van der Waals surface area (Å²) in [7, 11) is 0. The van der Waals surface area contributed by atoms with Gasteiger partial charge in [-0.05, 0) is 39.5 Å². The Kier molecular flexibility index (Phi) is 4.66. The Balaban J connectivity index is 1.33. The molecule has 30 heavy (non-hydrogen) atoms. The van der Waals surface area contributed by atoms with Crippen LogP contribution < -0.4 is 5.32 Å². The smallest absolute Gasteiger partial charge is 0.256 e. The van der Waals surface area contributed by atoms with Crippen molar-refractivity contribution >= 4 is 38.4 Å². The van der Waals surface area contributed by atoms with Crippen molar-refractivity contribution in [2.45, 2.75) is 13.5 Å². The van der Waals surface area contributed by atoms with Gasteiger partial charge in [0.05, 0.1) is 17.8 Å². The number of nitrogens with one attached hydrogen (secondary N) is 1. The minimum absolute atomic E-state index is 0.00115. The number of aromatic nitrogens is 4. The molecular weight excluding hydrogens is 448 g/mol. The van der Waals surface area contributed by atoms with Gasteiger partial charge in [-0.1, -0.05) is 17.3 Å². The lowest BCUT2D eigenvalue weighted by Crippen LogP contribution is -2.29. The first-order valence-electron chi connectivity index (χ1n) is 9.45. The lowest BCUT2D eigenvalue weighted by molar-refractivity contribution is 0.0784. The highest BCUT2D eigenvalue weighted by Gasteiger charge is 2.28. The van der Waals surface area contributed by atoms with E-state index in [9.17, 15) is 4.79 Å². The topological polar surface area (TPSA) is 97.0 Å². The van der Waals surface area contributed by atoms with Gasteiger partial charge in [0.1, 0.15) is 5.82 Å². The molecule has 0 bridgehead atoms. The highest BCUT2D eigenvalue weighted by atomic mass is 79.9. The van der Waals surface area contributed by atoms with Gasteiger partial charge in [0.2, 0.25) is 11.7 Å². The first-order chi connectivity index (χ1) is 14.6. The van der Waals surface area contributed by atoms with Crippen LogP contribution in [0.1, 0.15) is 21.9 Å². The number of anilines is 1. The van der Waals surface area contributed by atoms with Crippen LogP contribution in [0.25, 0.3) is 22.2 Å². The molecule has 0 spiro atoms. The Hall–Kier alpha value is -3.33. The Morgan fingerprint density at radius 2 is 2.13 bits per heavy atom. The fraction of sp³-hybridized carbons (Fsp3) is 0.190. The number of carbonyl (C=O) groups excluding carboxylic acids is 1. The Labute approximate surface area is 180 Å². The first kappa shape index (κ1) is 18.7. The molecular formula is C21H17BrN6O2. The number of aryl methyl sites for hydroxylation is 1. The number of hydrogen-bond donors (Lipinski definition) is 1. The second-order valence-electron chi connectivity index (χ2n) is 7.03. The van der Waals surface area contributed by atoms with Crippen LogP contribution in [-0.2, 0) is 6.54 Å². The molecule has 8 nitrogen and oxygen atoms in total. The average Bonchev–Trinajstić information content (AvgIpc) is 3.32. The van der Waals surface area contributed by atoms with Crippen molar-refractivity contribution in [3.05, 3.63) is 64.3 Å². The minimum atomic E-state index is 0.00115. The van der Waals surface area contributed by atoms with Gasteiger partial charge in [-0.25, -0.2) is 4.98 Å². The number of halogens is 1. The zero-order valence-electron chi connectivity index (χ0n) is 16.1. The molecule has 0 unspecified atom stereocenters. The lowest BCUT2D eigenvalue weighted by atomic mass is 10.1. The van der Waals surface area contributed by atoms with Gasteiger partial charge in [-0.15, -0.1) is 0 Å². The van der Waals surface area contributed by atoms with E-state index in [1.807, 2.05) is 30.3 Å². The number of pyridine rings is 2. The second kappa shape index (κ2) is 7.49. The SMILES string of the molecule is Cc1nc(-c2ccc3ccnc(NCCN4Cc5ncc(Br)cc5C4=O)c3c2)no1. The summed E-state index contributed by atoms with van der Waals surface area (Å²) in [5.74, 6) is 1.82. The number of carbonyl (C=O) groups is 1. The van der Waals surface area contributed by atoms with Crippen LogP contribution in [0.5, 0.6) is 0 Å². The molecule has 4 heterocycles. The lowest BCUT2D eigenvalue weighted by Gasteiger charge is -2.16. The molecule has 5 rings (SSSR count). The first-order valence-corrected chi connectivity index (χ1v) is 10.2. The quantitative estimate of drug-likeness (QED) is 0.479. The van der Waals surface area contributed by atoms with Crippen molar-refractivity contribution in [3.8, 4) is 11.4 Å². The van der Waals surface area contributed by atoms with Gasteiger partial charge < -0.3 is 14.7 Å². The van der Waals surface area contributed by atoms with Gasteiger partial charge in [0, 0.05) is 47.8 Å². The number of nitrogens with zero attached hydrogens (tertiary/aromatic N) is 5. The maximum atomic E-state index is 12.6. The molecule has 3 aromatic heterocycles. The van der Waals surface area contributed by atoms with Crippen molar-refractivity contribution in [2.75, 3.05) is 18.4 Å². The van der Waals surface area contributed by atoms with Crippen LogP contribution in [0, 0.1) is 6.92 Å². The molecule has 0 aliphatic carbocycles. The van der Waals surface area contributed by atoms with Crippen molar-refractivity contribution in [2.24, 2.45) is 0 Å². The second-order valence-corrected chi connectivity index (χ2v) is 7.95. The molecule has 0 atom stereocenters. The predicted octanol–water partition coefficient (Wildman–Crippen LogP) is 3.82. The fourth-order valence-electron chi connectivity index (χ4n) is 3.56. The minimum Gasteiger partial charge on any atom is -0.368 e. The molecule has 0 radical (unpaired) electrons. The van der Waals surface area contributed by atoms with Crippen molar-refractivity contribution in [1.82, 2.24) is 25.0 Å². The van der Waals surface area contributed by atoms with Gasteiger partial charge in [-0.3, -0.25) is 9.78 Å². The molecule has 1 amide bonds. The summed E-state index contributed by atoms with van der Waals surface area (Å²) in [6.45, 7) is 3.40. The summed E-state index contributed by atoms with van der Waals surface area (Å²) in [5.41, 5.74) is 2.33. The average molecular weight is 465 g/mol. The molecule has 1 aliphatic heterocycles. The largest absolute Gasteiger partial charge is 0.368 e. The Morgan fingerprint density at radius 1 is 1.23 bits per heavy atom. The molecule has 9 heteroatoms. The van der Waals surface area contributed by atoms with Crippen molar-refractivity contribution < 1.29 is 9.32 Å². The highest BCUT2D eigenvalue weighted by Crippen LogP contribution is 2.27.